The van der Waals surface area contributed by atoms with Crippen LogP contribution in [-0.4, -0.2) is 60.4 Å². The summed E-state index contributed by atoms with van der Waals surface area (Å²) in [5.74, 6) is 0.146. The van der Waals surface area contributed by atoms with Gasteiger partial charge in [0.1, 0.15) is 6.61 Å². The summed E-state index contributed by atoms with van der Waals surface area (Å²) in [6, 6.07) is 6.65. The number of ether oxygens (including phenoxy) is 1. The molecule has 0 atom stereocenters. The van der Waals surface area contributed by atoms with Crippen LogP contribution in [-0.2, 0) is 16.6 Å². The van der Waals surface area contributed by atoms with Crippen molar-refractivity contribution >= 4 is 45.0 Å². The number of hydrogen-bond acceptors (Lipinski definition) is 6. The van der Waals surface area contributed by atoms with E-state index in [1.807, 2.05) is 0 Å². The first-order valence-electron chi connectivity index (χ1n) is 9.31. The van der Waals surface area contributed by atoms with Crippen molar-refractivity contribution in [3.8, 4) is 5.75 Å². The quantitative estimate of drug-likeness (QED) is 0.692. The van der Waals surface area contributed by atoms with Crippen molar-refractivity contribution < 1.29 is 17.9 Å². The van der Waals surface area contributed by atoms with Crippen molar-refractivity contribution in [2.24, 2.45) is 0 Å². The number of nitrogen functional groups attached to an aromatic ring is 1. The molecule has 2 N–H and O–H groups in total. The molecule has 0 saturated carbocycles. The summed E-state index contributed by atoms with van der Waals surface area (Å²) in [4.78, 5) is 18.5. The zero-order valence-corrected chi connectivity index (χ0v) is 18.7. The van der Waals surface area contributed by atoms with Crippen LogP contribution in [0.15, 0.2) is 30.5 Å². The van der Waals surface area contributed by atoms with Crippen LogP contribution in [0.5, 0.6) is 5.75 Å². The lowest BCUT2D eigenvalue weighted by Crippen LogP contribution is -2.50. The zero-order chi connectivity index (χ0) is 21.9. The number of rotatable bonds is 6. The van der Waals surface area contributed by atoms with Crippen LogP contribution in [0.1, 0.15) is 22.8 Å². The lowest BCUT2D eigenvalue weighted by molar-refractivity contribution is 0.0697. The molecule has 1 aromatic carbocycles. The van der Waals surface area contributed by atoms with E-state index in [0.717, 1.165) is 0 Å². The number of nitrogens with zero attached hydrogens (tertiary/aromatic N) is 3. The first-order valence-corrected chi connectivity index (χ1v) is 11.7. The highest BCUT2D eigenvalue weighted by Crippen LogP contribution is 2.28. The van der Waals surface area contributed by atoms with E-state index in [1.54, 1.807) is 30.0 Å². The van der Waals surface area contributed by atoms with Crippen molar-refractivity contribution in [3.05, 3.63) is 51.6 Å². The number of sulfonamides is 1. The van der Waals surface area contributed by atoms with Crippen molar-refractivity contribution in [2.45, 2.75) is 13.5 Å². The molecule has 1 saturated heterocycles. The second-order valence-corrected chi connectivity index (χ2v) is 9.76. The minimum atomic E-state index is -3.26. The number of nitrogens with two attached hydrogens (primary N) is 1. The third kappa shape index (κ3) is 4.97. The van der Waals surface area contributed by atoms with Crippen LogP contribution in [0.2, 0.25) is 10.0 Å². The number of anilines is 1. The molecule has 1 aromatic heterocycles. The monoisotopic (exact) mass is 472 g/mol. The van der Waals surface area contributed by atoms with E-state index in [9.17, 15) is 13.2 Å². The smallest absolute Gasteiger partial charge is 0.255 e. The van der Waals surface area contributed by atoms with Crippen LogP contribution in [0.4, 0.5) is 5.82 Å². The normalized spacial score (nSPS) is 15.2. The molecule has 1 fully saturated rings. The Bertz CT molecular complexity index is 1020. The van der Waals surface area contributed by atoms with Gasteiger partial charge in [-0.25, -0.2) is 13.4 Å². The van der Waals surface area contributed by atoms with Gasteiger partial charge in [0.05, 0.1) is 11.3 Å². The van der Waals surface area contributed by atoms with E-state index in [4.69, 9.17) is 33.7 Å². The molecule has 8 nitrogen and oxygen atoms in total. The van der Waals surface area contributed by atoms with Crippen LogP contribution in [0, 0.1) is 0 Å². The SMILES string of the molecule is CCS(=O)(=O)N1CCN(C(=O)c2cnc(N)c(OCc3c(Cl)cccc3Cl)c2)CC1. The minimum absolute atomic E-state index is 0.0406. The number of halogens is 2. The summed E-state index contributed by atoms with van der Waals surface area (Å²) in [6.07, 6.45) is 1.38. The molecule has 0 spiro atoms. The van der Waals surface area contributed by atoms with Crippen LogP contribution in [0.3, 0.4) is 0 Å². The number of pyridine rings is 1. The summed E-state index contributed by atoms with van der Waals surface area (Å²) in [5.41, 5.74) is 6.79. The van der Waals surface area contributed by atoms with Crippen molar-refractivity contribution in [1.29, 1.82) is 0 Å². The Morgan fingerprint density at radius 2 is 1.83 bits per heavy atom. The summed E-state index contributed by atoms with van der Waals surface area (Å²) >= 11 is 12.3. The van der Waals surface area contributed by atoms with E-state index in [2.05, 4.69) is 4.98 Å². The molecule has 1 aliphatic rings. The fourth-order valence-electron chi connectivity index (χ4n) is 3.04. The van der Waals surface area contributed by atoms with Gasteiger partial charge in [-0.05, 0) is 25.1 Å². The number of hydrogen-bond donors (Lipinski definition) is 1. The molecule has 0 bridgehead atoms. The molecule has 0 radical (unpaired) electrons. The molecule has 2 aromatic rings. The number of carbonyl (C=O) groups is 1. The summed E-state index contributed by atoms with van der Waals surface area (Å²) in [7, 11) is -3.26. The molecule has 162 valence electrons. The molecule has 0 aliphatic carbocycles. The number of aromatic nitrogens is 1. The first kappa shape index (κ1) is 22.6. The van der Waals surface area contributed by atoms with Gasteiger partial charge in [0, 0.05) is 48.0 Å². The van der Waals surface area contributed by atoms with E-state index in [0.29, 0.717) is 34.3 Å². The summed E-state index contributed by atoms with van der Waals surface area (Å²) in [6.45, 7) is 2.79. The van der Waals surface area contributed by atoms with Gasteiger partial charge in [0.2, 0.25) is 10.0 Å². The van der Waals surface area contributed by atoms with Crippen LogP contribution >= 0.6 is 23.2 Å². The van der Waals surface area contributed by atoms with E-state index in [-0.39, 0.29) is 42.9 Å². The minimum Gasteiger partial charge on any atom is -0.485 e. The molecule has 2 heterocycles. The molecule has 11 heteroatoms. The number of benzene rings is 1. The Morgan fingerprint density at radius 3 is 2.43 bits per heavy atom. The Hall–Kier alpha value is -2.07. The molecule has 3 rings (SSSR count). The molecular formula is C19H22Cl2N4O4S. The highest BCUT2D eigenvalue weighted by molar-refractivity contribution is 7.89. The van der Waals surface area contributed by atoms with E-state index >= 15 is 0 Å². The van der Waals surface area contributed by atoms with Gasteiger partial charge >= 0.3 is 0 Å². The van der Waals surface area contributed by atoms with Gasteiger partial charge < -0.3 is 15.4 Å². The average Bonchev–Trinajstić information content (AvgIpc) is 2.74. The van der Waals surface area contributed by atoms with Crippen LogP contribution < -0.4 is 10.5 Å². The number of carbonyl (C=O) groups excluding carboxylic acids is 1. The Morgan fingerprint density at radius 1 is 1.20 bits per heavy atom. The van der Waals surface area contributed by atoms with E-state index < -0.39 is 10.0 Å². The Kier molecular flexibility index (Phi) is 7.07. The van der Waals surface area contributed by atoms with Gasteiger partial charge in [0.15, 0.2) is 11.6 Å². The van der Waals surface area contributed by atoms with Crippen molar-refractivity contribution in [3.63, 3.8) is 0 Å². The van der Waals surface area contributed by atoms with Gasteiger partial charge in [-0.1, -0.05) is 29.3 Å². The van der Waals surface area contributed by atoms with Crippen molar-refractivity contribution in [1.82, 2.24) is 14.2 Å². The topological polar surface area (TPSA) is 106 Å². The fraction of sp³-hybridized carbons (Fsp3) is 0.368. The predicted octanol–water partition coefficient (Wildman–Crippen LogP) is 2.66. The van der Waals surface area contributed by atoms with Gasteiger partial charge in [-0.2, -0.15) is 4.31 Å². The number of amides is 1. The fourth-order valence-corrected chi connectivity index (χ4v) is 4.63. The second-order valence-electron chi connectivity index (χ2n) is 6.69. The van der Waals surface area contributed by atoms with E-state index in [1.165, 1.54) is 16.6 Å². The average molecular weight is 473 g/mol. The third-order valence-corrected chi connectivity index (χ3v) is 7.44. The highest BCUT2D eigenvalue weighted by atomic mass is 35.5. The molecule has 30 heavy (non-hydrogen) atoms. The van der Waals surface area contributed by atoms with Crippen molar-refractivity contribution in [2.75, 3.05) is 37.7 Å². The standard InChI is InChI=1S/C19H22Cl2N4O4S/c1-2-30(27,28)25-8-6-24(7-9-25)19(26)13-10-17(18(22)23-11-13)29-12-14-15(20)4-3-5-16(14)21/h3-5,10-11H,2,6-9,12H2,1H3,(H2,22,23). The molecular weight excluding hydrogens is 451 g/mol. The summed E-state index contributed by atoms with van der Waals surface area (Å²) in [5, 5.41) is 0.919. The lowest BCUT2D eigenvalue weighted by atomic mass is 10.2. The maximum atomic E-state index is 12.9. The lowest BCUT2D eigenvalue weighted by Gasteiger charge is -2.33. The second kappa shape index (κ2) is 9.38. The van der Waals surface area contributed by atoms with Crippen LogP contribution in [0.25, 0.3) is 0 Å². The summed E-state index contributed by atoms with van der Waals surface area (Å²) < 4.78 is 31.1. The Balaban J connectivity index is 1.70. The first-order chi connectivity index (χ1) is 14.2. The Labute approximate surface area is 185 Å². The molecule has 1 amide bonds. The largest absolute Gasteiger partial charge is 0.485 e. The van der Waals surface area contributed by atoms with Gasteiger partial charge in [-0.15, -0.1) is 0 Å². The molecule has 1 aliphatic heterocycles. The predicted molar refractivity (Wildman–Crippen MR) is 116 cm³/mol. The maximum absolute atomic E-state index is 12.9. The number of piperazine rings is 1. The molecule has 0 unspecified atom stereocenters. The van der Waals surface area contributed by atoms with Gasteiger partial charge in [-0.3, -0.25) is 4.79 Å². The maximum Gasteiger partial charge on any atom is 0.255 e. The third-order valence-electron chi connectivity index (χ3n) is 4.85. The zero-order valence-electron chi connectivity index (χ0n) is 16.3. The van der Waals surface area contributed by atoms with Gasteiger partial charge in [0.25, 0.3) is 5.91 Å². The highest BCUT2D eigenvalue weighted by Gasteiger charge is 2.28.